The zero-order valence-corrected chi connectivity index (χ0v) is 13.4. The van der Waals surface area contributed by atoms with Crippen LogP contribution in [0.3, 0.4) is 0 Å². The Morgan fingerprint density at radius 1 is 1.45 bits per heavy atom. The Hall–Kier alpha value is -1.04. The second-order valence-corrected chi connectivity index (χ2v) is 9.04. The van der Waals surface area contributed by atoms with Crippen LogP contribution < -0.4 is 4.72 Å². The van der Waals surface area contributed by atoms with Crippen LogP contribution in [0.4, 0.5) is 0 Å². The lowest BCUT2D eigenvalue weighted by molar-refractivity contribution is 0.0590. The van der Waals surface area contributed by atoms with Crippen molar-refractivity contribution >= 4 is 37.2 Å². The second-order valence-electron chi connectivity index (χ2n) is 4.09. The zero-order chi connectivity index (χ0) is 15.6. The first-order valence-corrected chi connectivity index (χ1v) is 9.71. The minimum absolute atomic E-state index is 0.301. The monoisotopic (exact) mass is 342 g/mol. The van der Waals surface area contributed by atoms with Crippen molar-refractivity contribution in [2.24, 2.45) is 0 Å². The van der Waals surface area contributed by atoms with E-state index in [2.05, 4.69) is 14.4 Å². The number of hydrogen-bond donors (Lipinski definition) is 1. The highest BCUT2D eigenvalue weighted by atomic mass is 32.2. The van der Waals surface area contributed by atoms with E-state index in [-0.39, 0.29) is 15.7 Å². The molecule has 8 nitrogen and oxygen atoms in total. The van der Waals surface area contributed by atoms with E-state index in [0.29, 0.717) is 0 Å². The van der Waals surface area contributed by atoms with Crippen LogP contribution in [0.5, 0.6) is 0 Å². The topological polar surface area (TPSA) is 120 Å². The number of esters is 1. The van der Waals surface area contributed by atoms with Gasteiger partial charge in [-0.3, -0.25) is 0 Å². The SMILES string of the molecule is COC(=O)c1ncsc1S(=O)(=O)NC(C)CS(C)(=O)=O. The first-order chi connectivity index (χ1) is 9.07. The normalized spacial score (nSPS) is 13.9. The Balaban J connectivity index is 3.01. The number of sulfonamides is 1. The largest absolute Gasteiger partial charge is 0.464 e. The number of methoxy groups -OCH3 is 1. The van der Waals surface area contributed by atoms with Gasteiger partial charge in [-0.1, -0.05) is 0 Å². The zero-order valence-electron chi connectivity index (χ0n) is 11.0. The molecule has 1 heterocycles. The number of hydrogen-bond acceptors (Lipinski definition) is 8. The summed E-state index contributed by atoms with van der Waals surface area (Å²) in [6.45, 7) is 1.41. The molecule has 11 heteroatoms. The maximum Gasteiger partial charge on any atom is 0.358 e. The van der Waals surface area contributed by atoms with Gasteiger partial charge in [0.2, 0.25) is 0 Å². The summed E-state index contributed by atoms with van der Waals surface area (Å²) in [6, 6.07) is -0.831. The molecule has 0 amide bonds. The van der Waals surface area contributed by atoms with Gasteiger partial charge in [0.15, 0.2) is 9.90 Å². The van der Waals surface area contributed by atoms with Gasteiger partial charge in [0, 0.05) is 12.3 Å². The standard InChI is InChI=1S/C9H14N2O6S3/c1-6(4-19(3,13)14)11-20(15,16)9-7(8(12)17-2)10-5-18-9/h5-6,11H,4H2,1-3H3. The molecule has 1 aromatic rings. The predicted molar refractivity (Wildman–Crippen MR) is 72.9 cm³/mol. The number of thiazole rings is 1. The molecule has 0 bridgehead atoms. The third-order valence-corrected chi connectivity index (χ3v) is 6.13. The molecule has 0 aliphatic rings. The summed E-state index contributed by atoms with van der Waals surface area (Å²) in [5.41, 5.74) is 0.874. The molecule has 0 aliphatic carbocycles. The summed E-state index contributed by atoms with van der Waals surface area (Å²) in [7, 11) is -6.25. The Morgan fingerprint density at radius 3 is 2.55 bits per heavy atom. The van der Waals surface area contributed by atoms with Gasteiger partial charge < -0.3 is 4.74 Å². The molecule has 1 N–H and O–H groups in total. The van der Waals surface area contributed by atoms with Gasteiger partial charge in [-0.05, 0) is 6.92 Å². The molecule has 0 saturated heterocycles. The third kappa shape index (κ3) is 4.51. The summed E-state index contributed by atoms with van der Waals surface area (Å²) in [6.07, 6.45) is 1.00. The molecule has 0 aromatic carbocycles. The molecule has 1 atom stereocenters. The van der Waals surface area contributed by atoms with E-state index in [4.69, 9.17) is 0 Å². The van der Waals surface area contributed by atoms with E-state index in [1.165, 1.54) is 12.4 Å². The van der Waals surface area contributed by atoms with Crippen LogP contribution in [0.15, 0.2) is 9.72 Å². The maximum absolute atomic E-state index is 12.1. The predicted octanol–water partition coefficient (Wildman–Crippen LogP) is -0.359. The Morgan fingerprint density at radius 2 is 2.05 bits per heavy atom. The number of rotatable bonds is 6. The fourth-order valence-electron chi connectivity index (χ4n) is 1.47. The van der Waals surface area contributed by atoms with Crippen molar-refractivity contribution in [2.45, 2.75) is 17.2 Å². The summed E-state index contributed by atoms with van der Waals surface area (Å²) < 4.78 is 52.7. The van der Waals surface area contributed by atoms with Gasteiger partial charge >= 0.3 is 5.97 Å². The lowest BCUT2D eigenvalue weighted by atomic mass is 10.4. The van der Waals surface area contributed by atoms with Gasteiger partial charge in [-0.2, -0.15) is 0 Å². The molecular weight excluding hydrogens is 328 g/mol. The van der Waals surface area contributed by atoms with Crippen LogP contribution in [-0.2, 0) is 24.6 Å². The number of sulfone groups is 1. The minimum Gasteiger partial charge on any atom is -0.464 e. The van der Waals surface area contributed by atoms with Gasteiger partial charge in [-0.25, -0.2) is 31.3 Å². The van der Waals surface area contributed by atoms with Crippen LogP contribution in [-0.4, -0.2) is 52.9 Å². The smallest absolute Gasteiger partial charge is 0.358 e. The van der Waals surface area contributed by atoms with Crippen LogP contribution in [0.2, 0.25) is 0 Å². The first-order valence-electron chi connectivity index (χ1n) is 5.28. The number of nitrogens with zero attached hydrogens (tertiary/aromatic N) is 1. The number of carbonyl (C=O) groups excluding carboxylic acids is 1. The van der Waals surface area contributed by atoms with Crippen LogP contribution in [0.1, 0.15) is 17.4 Å². The fraction of sp³-hybridized carbons (Fsp3) is 0.556. The number of carbonyl (C=O) groups is 1. The second kappa shape index (κ2) is 6.16. The van der Waals surface area contributed by atoms with Crippen molar-refractivity contribution < 1.29 is 26.4 Å². The highest BCUT2D eigenvalue weighted by Gasteiger charge is 2.28. The molecule has 1 rings (SSSR count). The average molecular weight is 342 g/mol. The average Bonchev–Trinajstić information content (AvgIpc) is 2.73. The fourth-order valence-corrected chi connectivity index (χ4v) is 4.95. The quantitative estimate of drug-likeness (QED) is 0.701. The van der Waals surface area contributed by atoms with E-state index >= 15 is 0 Å². The molecule has 20 heavy (non-hydrogen) atoms. The van der Waals surface area contributed by atoms with Gasteiger partial charge in [0.25, 0.3) is 10.0 Å². The maximum atomic E-state index is 12.1. The van der Waals surface area contributed by atoms with E-state index in [9.17, 15) is 21.6 Å². The molecule has 114 valence electrons. The first kappa shape index (κ1) is 17.0. The van der Waals surface area contributed by atoms with E-state index in [1.54, 1.807) is 0 Å². The lowest BCUT2D eigenvalue weighted by Crippen LogP contribution is -2.37. The number of nitrogens with one attached hydrogen (secondary N) is 1. The van der Waals surface area contributed by atoms with Crippen molar-refractivity contribution in [3.8, 4) is 0 Å². The molecule has 0 aliphatic heterocycles. The Labute approximate surface area is 121 Å². The molecular formula is C9H14N2O6S3. The molecule has 0 fully saturated rings. The molecule has 1 unspecified atom stereocenters. The highest BCUT2D eigenvalue weighted by molar-refractivity contribution is 7.92. The van der Waals surface area contributed by atoms with E-state index in [0.717, 1.165) is 24.7 Å². The van der Waals surface area contributed by atoms with Gasteiger partial charge in [-0.15, -0.1) is 11.3 Å². The molecule has 0 radical (unpaired) electrons. The minimum atomic E-state index is -4.03. The summed E-state index contributed by atoms with van der Waals surface area (Å²) in [5, 5.41) is 0. The van der Waals surface area contributed by atoms with Gasteiger partial charge in [0.05, 0.1) is 18.4 Å². The van der Waals surface area contributed by atoms with Crippen molar-refractivity contribution in [3.63, 3.8) is 0 Å². The lowest BCUT2D eigenvalue weighted by Gasteiger charge is -2.12. The van der Waals surface area contributed by atoms with Gasteiger partial charge in [0.1, 0.15) is 9.84 Å². The van der Waals surface area contributed by atoms with Crippen molar-refractivity contribution in [1.29, 1.82) is 0 Å². The van der Waals surface area contributed by atoms with Crippen molar-refractivity contribution in [3.05, 3.63) is 11.2 Å². The van der Waals surface area contributed by atoms with Crippen molar-refractivity contribution in [2.75, 3.05) is 19.1 Å². The molecule has 1 aromatic heterocycles. The van der Waals surface area contributed by atoms with E-state index in [1.807, 2.05) is 0 Å². The third-order valence-electron chi connectivity index (χ3n) is 2.07. The van der Waals surface area contributed by atoms with Crippen molar-refractivity contribution in [1.82, 2.24) is 9.71 Å². The van der Waals surface area contributed by atoms with Crippen LogP contribution >= 0.6 is 11.3 Å². The summed E-state index contributed by atoms with van der Waals surface area (Å²) >= 11 is 0.748. The van der Waals surface area contributed by atoms with Crippen LogP contribution in [0, 0.1) is 0 Å². The summed E-state index contributed by atoms with van der Waals surface area (Å²) in [5.74, 6) is -1.22. The number of ether oxygens (including phenoxy) is 1. The Kier molecular flexibility index (Phi) is 5.24. The summed E-state index contributed by atoms with van der Waals surface area (Å²) in [4.78, 5) is 15.0. The Bertz CT molecular complexity index is 691. The number of aromatic nitrogens is 1. The van der Waals surface area contributed by atoms with E-state index < -0.39 is 31.9 Å². The highest BCUT2D eigenvalue weighted by Crippen LogP contribution is 2.20. The molecule has 0 spiro atoms. The van der Waals surface area contributed by atoms with Crippen LogP contribution in [0.25, 0.3) is 0 Å². The molecule has 0 saturated carbocycles.